The fourth-order valence-electron chi connectivity index (χ4n) is 4.81. The van der Waals surface area contributed by atoms with Crippen molar-refractivity contribution in [2.45, 2.75) is 32.6 Å². The van der Waals surface area contributed by atoms with Crippen LogP contribution in [0.15, 0.2) is 59.1 Å². The lowest BCUT2D eigenvalue weighted by molar-refractivity contribution is -0.118. The number of hydrogen-bond donors (Lipinski definition) is 1. The molecular weight excluding hydrogens is 440 g/mol. The fraction of sp³-hybridized carbons (Fsp3) is 0.308. The summed E-state index contributed by atoms with van der Waals surface area (Å²) in [7, 11) is 3.01. The number of carbonyl (C=O) groups is 1. The summed E-state index contributed by atoms with van der Waals surface area (Å²) in [5.74, 6) is -1.56. The molecule has 0 bridgehead atoms. The summed E-state index contributed by atoms with van der Waals surface area (Å²) in [5, 5.41) is 10.1. The van der Waals surface area contributed by atoms with Crippen LogP contribution in [0.1, 0.15) is 38.2 Å². The molecule has 0 amide bonds. The molecule has 6 nitrogen and oxygen atoms in total. The molecule has 0 spiro atoms. The number of hydrogen-bond acceptors (Lipinski definition) is 6. The molecule has 0 fully saturated rings. The van der Waals surface area contributed by atoms with Crippen LogP contribution in [0.2, 0.25) is 0 Å². The fourth-order valence-corrected chi connectivity index (χ4v) is 4.81. The van der Waals surface area contributed by atoms with Gasteiger partial charge >= 0.3 is 0 Å². The van der Waals surface area contributed by atoms with Gasteiger partial charge in [0, 0.05) is 23.8 Å². The zero-order valence-electron chi connectivity index (χ0n) is 19.4. The average Bonchev–Trinajstić information content (AvgIpc) is 2.78. The Morgan fingerprint density at radius 1 is 1.09 bits per heavy atom. The number of ketones is 1. The number of nitrogens with zero attached hydrogens (tertiary/aromatic N) is 2. The van der Waals surface area contributed by atoms with Crippen LogP contribution in [0, 0.1) is 28.4 Å². The zero-order valence-corrected chi connectivity index (χ0v) is 19.4. The molecule has 2 aromatic carbocycles. The van der Waals surface area contributed by atoms with Crippen LogP contribution in [0.3, 0.4) is 0 Å². The third kappa shape index (κ3) is 3.77. The molecule has 1 aliphatic heterocycles. The van der Waals surface area contributed by atoms with Crippen molar-refractivity contribution in [2.75, 3.05) is 19.1 Å². The van der Waals surface area contributed by atoms with E-state index in [-0.39, 0.29) is 29.3 Å². The van der Waals surface area contributed by atoms with Crippen molar-refractivity contribution in [1.29, 1.82) is 5.26 Å². The molecule has 1 unspecified atom stereocenters. The highest BCUT2D eigenvalue weighted by molar-refractivity contribution is 6.01. The highest BCUT2D eigenvalue weighted by atomic mass is 19.1. The van der Waals surface area contributed by atoms with Gasteiger partial charge in [-0.3, -0.25) is 9.69 Å². The molecular formula is C26H25F2N3O3. The number of methoxy groups -OCH3 is 2. The molecule has 0 saturated carbocycles. The smallest absolute Gasteiger partial charge is 0.162 e. The number of carbonyl (C=O) groups excluding carboxylic acids is 1. The minimum absolute atomic E-state index is 0.00274. The summed E-state index contributed by atoms with van der Waals surface area (Å²) >= 11 is 0. The molecule has 0 aromatic heterocycles. The maximum Gasteiger partial charge on any atom is 0.162 e. The normalized spacial score (nSPS) is 19.6. The van der Waals surface area contributed by atoms with Gasteiger partial charge in [0.25, 0.3) is 0 Å². The Morgan fingerprint density at radius 2 is 1.79 bits per heavy atom. The van der Waals surface area contributed by atoms with Gasteiger partial charge < -0.3 is 15.2 Å². The van der Waals surface area contributed by atoms with Gasteiger partial charge in [-0.1, -0.05) is 19.9 Å². The number of halogens is 2. The maximum atomic E-state index is 14.9. The van der Waals surface area contributed by atoms with Gasteiger partial charge in [-0.25, -0.2) is 8.78 Å². The number of allylic oxidation sites excluding steroid dienone is 3. The van der Waals surface area contributed by atoms with E-state index in [2.05, 4.69) is 6.07 Å². The highest BCUT2D eigenvalue weighted by Crippen LogP contribution is 2.51. The van der Waals surface area contributed by atoms with E-state index < -0.39 is 23.0 Å². The van der Waals surface area contributed by atoms with E-state index >= 15 is 0 Å². The first-order chi connectivity index (χ1) is 16.1. The Labute approximate surface area is 196 Å². The number of rotatable bonds is 4. The van der Waals surface area contributed by atoms with Gasteiger partial charge in [-0.2, -0.15) is 5.26 Å². The van der Waals surface area contributed by atoms with Crippen molar-refractivity contribution in [1.82, 2.24) is 0 Å². The van der Waals surface area contributed by atoms with E-state index in [1.54, 1.807) is 18.2 Å². The number of anilines is 1. The molecule has 1 heterocycles. The lowest BCUT2D eigenvalue weighted by Gasteiger charge is -2.43. The third-order valence-electron chi connectivity index (χ3n) is 6.27. The standard InChI is InChI=1S/C26H25F2N3O3/c1-26(2)11-19-24(20(32)12-26)23(14-5-8-21(33-3)22(9-14)34-4)16(13-29)25(30)31(19)18-7-6-15(27)10-17(18)28/h5-10,23H,11-12,30H2,1-4H3. The monoisotopic (exact) mass is 465 g/mol. The SMILES string of the molecule is COc1ccc(C2C(C#N)=C(N)N(c3ccc(F)cc3F)C3=C2C(=O)CC(C)(C)C3)cc1OC. The van der Waals surface area contributed by atoms with E-state index in [9.17, 15) is 18.8 Å². The molecule has 2 N–H and O–H groups in total. The van der Waals surface area contributed by atoms with Gasteiger partial charge in [0.2, 0.25) is 0 Å². The van der Waals surface area contributed by atoms with Crippen molar-refractivity contribution >= 4 is 11.5 Å². The van der Waals surface area contributed by atoms with Crippen LogP contribution in [0.4, 0.5) is 14.5 Å². The quantitative estimate of drug-likeness (QED) is 0.689. The van der Waals surface area contributed by atoms with E-state index in [1.807, 2.05) is 13.8 Å². The molecule has 0 saturated heterocycles. The first-order valence-electron chi connectivity index (χ1n) is 10.7. The number of nitriles is 1. The molecule has 2 aliphatic rings. The Kier molecular flexibility index (Phi) is 5.82. The van der Waals surface area contributed by atoms with Gasteiger partial charge in [0.1, 0.15) is 17.5 Å². The zero-order chi connectivity index (χ0) is 24.8. The summed E-state index contributed by atoms with van der Waals surface area (Å²) < 4.78 is 39.3. The van der Waals surface area contributed by atoms with Crippen molar-refractivity contribution in [3.8, 4) is 17.6 Å². The average molecular weight is 466 g/mol. The van der Waals surface area contributed by atoms with Gasteiger partial charge in [-0.15, -0.1) is 0 Å². The number of Topliss-reactive ketones (excluding diaryl/α,β-unsaturated/α-hetero) is 1. The predicted octanol–water partition coefficient (Wildman–Crippen LogP) is 4.92. The second-order valence-corrected chi connectivity index (χ2v) is 9.19. The lowest BCUT2D eigenvalue weighted by Crippen LogP contribution is -2.42. The van der Waals surface area contributed by atoms with Crippen molar-refractivity contribution in [3.63, 3.8) is 0 Å². The molecule has 34 heavy (non-hydrogen) atoms. The first kappa shape index (κ1) is 23.3. The van der Waals surface area contributed by atoms with Crippen LogP contribution in [-0.2, 0) is 4.79 Å². The largest absolute Gasteiger partial charge is 0.493 e. The Bertz CT molecular complexity index is 1290. The second-order valence-electron chi connectivity index (χ2n) is 9.19. The number of benzene rings is 2. The summed E-state index contributed by atoms with van der Waals surface area (Å²) in [6.07, 6.45) is 0.669. The summed E-state index contributed by atoms with van der Waals surface area (Å²) in [6.45, 7) is 3.89. The molecule has 4 rings (SSSR count). The Balaban J connectivity index is 2.01. The molecule has 2 aromatic rings. The van der Waals surface area contributed by atoms with E-state index in [4.69, 9.17) is 15.2 Å². The van der Waals surface area contributed by atoms with Crippen molar-refractivity contribution in [2.24, 2.45) is 11.1 Å². The van der Waals surface area contributed by atoms with E-state index in [1.165, 1.54) is 25.2 Å². The minimum atomic E-state index is -0.840. The Hall–Kier alpha value is -3.86. The van der Waals surface area contributed by atoms with Crippen LogP contribution >= 0.6 is 0 Å². The molecule has 0 radical (unpaired) electrons. The van der Waals surface area contributed by atoms with Crippen LogP contribution < -0.4 is 20.1 Å². The van der Waals surface area contributed by atoms with Crippen molar-refractivity contribution < 1.29 is 23.0 Å². The minimum Gasteiger partial charge on any atom is -0.493 e. The molecule has 1 aliphatic carbocycles. The molecule has 176 valence electrons. The molecule has 8 heteroatoms. The van der Waals surface area contributed by atoms with Crippen LogP contribution in [0.25, 0.3) is 0 Å². The summed E-state index contributed by atoms with van der Waals surface area (Å²) in [6, 6.07) is 10.4. The molecule has 1 atom stereocenters. The third-order valence-corrected chi connectivity index (χ3v) is 6.27. The van der Waals surface area contributed by atoms with E-state index in [0.717, 1.165) is 12.1 Å². The van der Waals surface area contributed by atoms with Crippen LogP contribution in [0.5, 0.6) is 11.5 Å². The summed E-state index contributed by atoms with van der Waals surface area (Å²) in [4.78, 5) is 14.9. The van der Waals surface area contributed by atoms with E-state index in [0.29, 0.717) is 34.8 Å². The van der Waals surface area contributed by atoms with Gasteiger partial charge in [-0.05, 0) is 41.7 Å². The first-order valence-corrected chi connectivity index (χ1v) is 10.7. The predicted molar refractivity (Wildman–Crippen MR) is 123 cm³/mol. The highest BCUT2D eigenvalue weighted by Gasteiger charge is 2.45. The maximum absolute atomic E-state index is 14.9. The topological polar surface area (TPSA) is 88.6 Å². The number of nitrogens with two attached hydrogens (primary N) is 1. The lowest BCUT2D eigenvalue weighted by atomic mass is 9.68. The van der Waals surface area contributed by atoms with Gasteiger partial charge in [0.15, 0.2) is 17.3 Å². The Morgan fingerprint density at radius 3 is 2.41 bits per heavy atom. The second kappa shape index (κ2) is 8.49. The van der Waals surface area contributed by atoms with Crippen LogP contribution in [-0.4, -0.2) is 20.0 Å². The van der Waals surface area contributed by atoms with Gasteiger partial charge in [0.05, 0.1) is 37.5 Å². The summed E-state index contributed by atoms with van der Waals surface area (Å²) in [5.41, 5.74) is 7.65. The van der Waals surface area contributed by atoms with Crippen molar-refractivity contribution in [3.05, 3.63) is 76.3 Å². The number of ether oxygens (including phenoxy) is 2.